The molecule has 1 aromatic carbocycles. The number of carbonyl (C=O) groups excluding carboxylic acids is 1. The number of carbonyl (C=O) groups is 1. The normalized spacial score (nSPS) is 12.3. The highest BCUT2D eigenvalue weighted by molar-refractivity contribution is 9.10. The summed E-state index contributed by atoms with van der Waals surface area (Å²) in [6.45, 7) is 1.96. The zero-order chi connectivity index (χ0) is 11.4. The third-order valence-electron chi connectivity index (χ3n) is 2.16. The second-order valence-electron chi connectivity index (χ2n) is 3.29. The first-order chi connectivity index (χ1) is 7.06. The van der Waals surface area contributed by atoms with Crippen molar-refractivity contribution in [2.45, 2.75) is 19.4 Å². The van der Waals surface area contributed by atoms with Gasteiger partial charge in [-0.2, -0.15) is 0 Å². The average Bonchev–Trinajstić information content (AvgIpc) is 2.23. The summed E-state index contributed by atoms with van der Waals surface area (Å²) < 4.78 is 5.37. The van der Waals surface area contributed by atoms with Crippen molar-refractivity contribution in [2.24, 2.45) is 0 Å². The van der Waals surface area contributed by atoms with Gasteiger partial charge in [0.1, 0.15) is 0 Å². The van der Waals surface area contributed by atoms with Gasteiger partial charge in [0.05, 0.1) is 7.11 Å². The van der Waals surface area contributed by atoms with Crippen LogP contribution in [0.3, 0.4) is 0 Å². The fourth-order valence-corrected chi connectivity index (χ4v) is 1.72. The van der Waals surface area contributed by atoms with Gasteiger partial charge >= 0.3 is 5.97 Å². The van der Waals surface area contributed by atoms with Crippen LogP contribution >= 0.6 is 15.9 Å². The van der Waals surface area contributed by atoms with E-state index in [9.17, 15) is 9.90 Å². The molecule has 4 heteroatoms. The van der Waals surface area contributed by atoms with Crippen molar-refractivity contribution >= 4 is 21.9 Å². The molecule has 0 aliphatic heterocycles. The molecule has 0 fully saturated rings. The summed E-state index contributed by atoms with van der Waals surface area (Å²) in [5.74, 6) is -0.608. The van der Waals surface area contributed by atoms with E-state index in [-0.39, 0.29) is 6.42 Å². The van der Waals surface area contributed by atoms with E-state index in [4.69, 9.17) is 0 Å². The monoisotopic (exact) mass is 272 g/mol. The summed E-state index contributed by atoms with van der Waals surface area (Å²) in [6.07, 6.45) is -0.845. The van der Waals surface area contributed by atoms with E-state index >= 15 is 0 Å². The summed E-state index contributed by atoms with van der Waals surface area (Å²) in [6, 6.07) is 5.71. The molecule has 1 atom stereocenters. The Hall–Kier alpha value is -0.870. The third kappa shape index (κ3) is 3.04. The molecule has 82 valence electrons. The molecule has 0 saturated carbocycles. The van der Waals surface area contributed by atoms with E-state index in [2.05, 4.69) is 20.7 Å². The first-order valence-corrected chi connectivity index (χ1v) is 5.35. The Bertz CT molecular complexity index is 363. The Morgan fingerprint density at radius 3 is 2.87 bits per heavy atom. The van der Waals surface area contributed by atoms with E-state index < -0.39 is 12.1 Å². The SMILES string of the molecule is COC(=O)C(O)Cc1cccc(C)c1Br. The molecule has 0 bridgehead atoms. The summed E-state index contributed by atoms with van der Waals surface area (Å²) in [4.78, 5) is 11.0. The van der Waals surface area contributed by atoms with Crippen LogP contribution < -0.4 is 0 Å². The molecule has 0 amide bonds. The summed E-state index contributed by atoms with van der Waals surface area (Å²) in [7, 11) is 1.26. The van der Waals surface area contributed by atoms with Crippen molar-refractivity contribution < 1.29 is 14.6 Å². The number of hydrogen-bond donors (Lipinski definition) is 1. The molecule has 0 aliphatic carbocycles. The molecule has 1 N–H and O–H groups in total. The lowest BCUT2D eigenvalue weighted by Crippen LogP contribution is -2.24. The number of aliphatic hydroxyl groups excluding tert-OH is 1. The van der Waals surface area contributed by atoms with Crippen LogP contribution in [0, 0.1) is 6.92 Å². The second-order valence-corrected chi connectivity index (χ2v) is 4.08. The Morgan fingerprint density at radius 2 is 2.27 bits per heavy atom. The number of ether oxygens (including phenoxy) is 1. The van der Waals surface area contributed by atoms with Crippen molar-refractivity contribution in [3.8, 4) is 0 Å². The number of rotatable bonds is 3. The maximum atomic E-state index is 11.0. The van der Waals surface area contributed by atoms with Crippen LogP contribution in [0.2, 0.25) is 0 Å². The Labute approximate surface area is 97.2 Å². The van der Waals surface area contributed by atoms with E-state index in [1.807, 2.05) is 25.1 Å². The van der Waals surface area contributed by atoms with Crippen molar-refractivity contribution in [3.63, 3.8) is 0 Å². The number of methoxy groups -OCH3 is 1. The van der Waals surface area contributed by atoms with Crippen LogP contribution in [0.4, 0.5) is 0 Å². The highest BCUT2D eigenvalue weighted by Gasteiger charge is 2.17. The fraction of sp³-hybridized carbons (Fsp3) is 0.364. The maximum Gasteiger partial charge on any atom is 0.335 e. The summed E-state index contributed by atoms with van der Waals surface area (Å²) in [5.41, 5.74) is 1.97. The molecule has 1 aromatic rings. The molecule has 0 radical (unpaired) electrons. The predicted molar refractivity (Wildman–Crippen MR) is 60.6 cm³/mol. The molecular formula is C11H13BrO3. The minimum atomic E-state index is -1.10. The van der Waals surface area contributed by atoms with Crippen LogP contribution in [0.25, 0.3) is 0 Å². The smallest absolute Gasteiger partial charge is 0.335 e. The predicted octanol–water partition coefficient (Wildman–Crippen LogP) is 1.83. The first kappa shape index (κ1) is 12.2. The van der Waals surface area contributed by atoms with E-state index in [0.717, 1.165) is 15.6 Å². The van der Waals surface area contributed by atoms with Gasteiger partial charge in [-0.3, -0.25) is 0 Å². The molecule has 1 unspecified atom stereocenters. The lowest BCUT2D eigenvalue weighted by molar-refractivity contribution is -0.150. The zero-order valence-electron chi connectivity index (χ0n) is 8.66. The maximum absolute atomic E-state index is 11.0. The molecule has 0 aliphatic rings. The van der Waals surface area contributed by atoms with E-state index in [1.165, 1.54) is 7.11 Å². The summed E-state index contributed by atoms with van der Waals surface area (Å²) >= 11 is 3.42. The van der Waals surface area contributed by atoms with E-state index in [0.29, 0.717) is 0 Å². The minimum Gasteiger partial charge on any atom is -0.467 e. The van der Waals surface area contributed by atoms with Gasteiger partial charge < -0.3 is 9.84 Å². The number of esters is 1. The highest BCUT2D eigenvalue weighted by atomic mass is 79.9. The zero-order valence-corrected chi connectivity index (χ0v) is 10.2. The number of benzene rings is 1. The average molecular weight is 273 g/mol. The number of hydrogen-bond acceptors (Lipinski definition) is 3. The standard InChI is InChI=1S/C11H13BrO3/c1-7-4-3-5-8(10(7)12)6-9(13)11(14)15-2/h3-5,9,13H,6H2,1-2H3. The first-order valence-electron chi connectivity index (χ1n) is 4.56. The van der Waals surface area contributed by atoms with Gasteiger partial charge in [0.25, 0.3) is 0 Å². The van der Waals surface area contributed by atoms with Gasteiger partial charge in [0, 0.05) is 10.9 Å². The summed E-state index contributed by atoms with van der Waals surface area (Å²) in [5, 5.41) is 9.49. The lowest BCUT2D eigenvalue weighted by Gasteiger charge is -2.10. The minimum absolute atomic E-state index is 0.259. The van der Waals surface area contributed by atoms with Crippen molar-refractivity contribution in [1.29, 1.82) is 0 Å². The lowest BCUT2D eigenvalue weighted by atomic mass is 10.1. The van der Waals surface area contributed by atoms with Gasteiger partial charge in [-0.15, -0.1) is 0 Å². The van der Waals surface area contributed by atoms with Gasteiger partial charge in [-0.1, -0.05) is 34.1 Å². The van der Waals surface area contributed by atoms with Gasteiger partial charge in [0.2, 0.25) is 0 Å². The molecule has 1 rings (SSSR count). The molecule has 0 aromatic heterocycles. The number of aliphatic hydroxyl groups is 1. The van der Waals surface area contributed by atoms with Crippen LogP contribution in [-0.4, -0.2) is 24.3 Å². The van der Waals surface area contributed by atoms with Gasteiger partial charge in [0.15, 0.2) is 6.10 Å². The highest BCUT2D eigenvalue weighted by Crippen LogP contribution is 2.22. The van der Waals surface area contributed by atoms with E-state index in [1.54, 1.807) is 0 Å². The van der Waals surface area contributed by atoms with Crippen LogP contribution in [0.5, 0.6) is 0 Å². The Balaban J connectivity index is 2.81. The fourth-order valence-electron chi connectivity index (χ4n) is 1.29. The molecule has 0 spiro atoms. The Morgan fingerprint density at radius 1 is 1.60 bits per heavy atom. The molecule has 0 saturated heterocycles. The van der Waals surface area contributed by atoms with Crippen molar-refractivity contribution in [1.82, 2.24) is 0 Å². The molecule has 3 nitrogen and oxygen atoms in total. The van der Waals surface area contributed by atoms with Crippen LogP contribution in [-0.2, 0) is 16.0 Å². The van der Waals surface area contributed by atoms with Crippen LogP contribution in [0.15, 0.2) is 22.7 Å². The van der Waals surface area contributed by atoms with Crippen molar-refractivity contribution in [2.75, 3.05) is 7.11 Å². The Kier molecular flexibility index (Phi) is 4.29. The molecule has 0 heterocycles. The number of halogens is 1. The second kappa shape index (κ2) is 5.28. The number of aryl methyl sites for hydroxylation is 1. The third-order valence-corrected chi connectivity index (χ3v) is 3.29. The molecular weight excluding hydrogens is 260 g/mol. The van der Waals surface area contributed by atoms with Crippen LogP contribution in [0.1, 0.15) is 11.1 Å². The topological polar surface area (TPSA) is 46.5 Å². The van der Waals surface area contributed by atoms with Crippen molar-refractivity contribution in [3.05, 3.63) is 33.8 Å². The van der Waals surface area contributed by atoms with Gasteiger partial charge in [-0.25, -0.2) is 4.79 Å². The largest absolute Gasteiger partial charge is 0.467 e. The quantitative estimate of drug-likeness (QED) is 0.855. The molecule has 15 heavy (non-hydrogen) atoms. The van der Waals surface area contributed by atoms with Gasteiger partial charge in [-0.05, 0) is 18.1 Å².